The van der Waals surface area contributed by atoms with Crippen molar-refractivity contribution < 1.29 is 13.2 Å². The van der Waals surface area contributed by atoms with Crippen molar-refractivity contribution in [3.8, 4) is 5.69 Å². The number of hydrogen-bond acceptors (Lipinski definition) is 4. The zero-order valence-electron chi connectivity index (χ0n) is 16.8. The summed E-state index contributed by atoms with van der Waals surface area (Å²) in [5.74, 6) is 1.27. The Morgan fingerprint density at radius 3 is 2.68 bits per heavy atom. The second kappa shape index (κ2) is 6.53. The fourth-order valence-corrected chi connectivity index (χ4v) is 4.80. The molecule has 7 nitrogen and oxygen atoms in total. The van der Waals surface area contributed by atoms with Crippen molar-refractivity contribution in [1.29, 1.82) is 0 Å². The number of aryl methyl sites for hydroxylation is 1. The highest BCUT2D eigenvalue weighted by atomic mass is 19.4. The third kappa shape index (κ3) is 2.88. The number of alkyl halides is 3. The Labute approximate surface area is 174 Å². The fraction of sp³-hybridized carbons (Fsp3) is 0.333. The van der Waals surface area contributed by atoms with E-state index in [0.717, 1.165) is 41.2 Å². The summed E-state index contributed by atoms with van der Waals surface area (Å²) in [6.07, 6.45) is 0.558. The van der Waals surface area contributed by atoms with E-state index in [0.29, 0.717) is 11.6 Å². The van der Waals surface area contributed by atoms with Gasteiger partial charge in [0, 0.05) is 24.3 Å². The van der Waals surface area contributed by atoms with Gasteiger partial charge >= 0.3 is 6.18 Å². The van der Waals surface area contributed by atoms with Gasteiger partial charge in [-0.05, 0) is 36.5 Å². The zero-order valence-corrected chi connectivity index (χ0v) is 16.8. The predicted molar refractivity (Wildman–Crippen MR) is 107 cm³/mol. The number of fused-ring (bicyclic) bond motifs is 1. The van der Waals surface area contributed by atoms with E-state index in [1.165, 1.54) is 0 Å². The van der Waals surface area contributed by atoms with E-state index in [1.807, 2.05) is 17.7 Å². The van der Waals surface area contributed by atoms with Gasteiger partial charge in [0.05, 0.1) is 17.2 Å². The molecule has 0 radical (unpaired) electrons. The van der Waals surface area contributed by atoms with Crippen LogP contribution in [-0.4, -0.2) is 29.5 Å². The summed E-state index contributed by atoms with van der Waals surface area (Å²) in [5, 5.41) is 14.1. The number of nitrogens with one attached hydrogen (secondary N) is 1. The van der Waals surface area contributed by atoms with Gasteiger partial charge in [-0.15, -0.1) is 10.2 Å². The Balaban J connectivity index is 1.70. The van der Waals surface area contributed by atoms with Crippen LogP contribution in [0.1, 0.15) is 36.7 Å². The van der Waals surface area contributed by atoms with Crippen molar-refractivity contribution in [3.05, 3.63) is 70.3 Å². The summed E-state index contributed by atoms with van der Waals surface area (Å²) in [7, 11) is 1.87. The average Bonchev–Trinajstić information content (AvgIpc) is 3.34. The third-order valence-electron chi connectivity index (χ3n) is 6.14. The number of pyridine rings is 1. The lowest BCUT2D eigenvalue weighted by Crippen LogP contribution is -2.43. The molecule has 0 spiro atoms. The highest BCUT2D eigenvalue weighted by molar-refractivity contribution is 5.81. The van der Waals surface area contributed by atoms with Crippen LogP contribution in [0.25, 0.3) is 16.6 Å². The summed E-state index contributed by atoms with van der Waals surface area (Å²) in [5.41, 5.74) is -0.834. The third-order valence-corrected chi connectivity index (χ3v) is 6.14. The Morgan fingerprint density at radius 2 is 2.03 bits per heavy atom. The van der Waals surface area contributed by atoms with E-state index in [1.54, 1.807) is 24.5 Å². The van der Waals surface area contributed by atoms with E-state index in [9.17, 15) is 18.0 Å². The van der Waals surface area contributed by atoms with Crippen LogP contribution in [-0.2, 0) is 18.6 Å². The molecule has 3 aromatic heterocycles. The maximum Gasteiger partial charge on any atom is 0.418 e. The van der Waals surface area contributed by atoms with Gasteiger partial charge in [0.15, 0.2) is 0 Å². The molecule has 0 aliphatic heterocycles. The predicted octanol–water partition coefficient (Wildman–Crippen LogP) is 3.58. The van der Waals surface area contributed by atoms with Crippen LogP contribution in [0, 0.1) is 5.92 Å². The van der Waals surface area contributed by atoms with Crippen molar-refractivity contribution in [2.45, 2.75) is 31.4 Å². The standard InChI is InChI=1S/C21H19F3N6O/c1-12-7-20(8-12,19-28-26-11-29(19)2)13-4-3-5-14(6-13)30-10-16(21(22,23)24)15-9-25-27-17(15)18(30)31/h3-6,9-12H,7-8H2,1-2H3,(H,25,27). The van der Waals surface area contributed by atoms with Gasteiger partial charge in [0.25, 0.3) is 5.56 Å². The van der Waals surface area contributed by atoms with E-state index in [-0.39, 0.29) is 10.9 Å². The lowest BCUT2D eigenvalue weighted by Gasteiger charge is -2.46. The van der Waals surface area contributed by atoms with Crippen LogP contribution < -0.4 is 5.56 Å². The number of halogens is 3. The molecule has 10 heteroatoms. The van der Waals surface area contributed by atoms with Gasteiger partial charge in [0.1, 0.15) is 17.7 Å². The molecule has 1 aliphatic carbocycles. The molecule has 4 aromatic rings. The summed E-state index contributed by atoms with van der Waals surface area (Å²) >= 11 is 0. The number of benzene rings is 1. The monoisotopic (exact) mass is 428 g/mol. The highest BCUT2D eigenvalue weighted by Gasteiger charge is 2.48. The molecule has 31 heavy (non-hydrogen) atoms. The van der Waals surface area contributed by atoms with Crippen molar-refractivity contribution in [2.75, 3.05) is 0 Å². The topological polar surface area (TPSA) is 81.4 Å². The Hall–Kier alpha value is -3.43. The number of rotatable bonds is 3. The van der Waals surface area contributed by atoms with Crippen LogP contribution in [0.3, 0.4) is 0 Å². The molecular weight excluding hydrogens is 409 g/mol. The Kier molecular flexibility index (Phi) is 4.11. The minimum Gasteiger partial charge on any atom is -0.320 e. The lowest BCUT2D eigenvalue weighted by atomic mass is 9.58. The van der Waals surface area contributed by atoms with Crippen LogP contribution in [0.15, 0.2) is 47.8 Å². The summed E-state index contributed by atoms with van der Waals surface area (Å²) in [4.78, 5) is 12.9. The van der Waals surface area contributed by atoms with Crippen LogP contribution in [0.4, 0.5) is 13.2 Å². The van der Waals surface area contributed by atoms with Gasteiger partial charge in [-0.3, -0.25) is 14.5 Å². The van der Waals surface area contributed by atoms with Crippen molar-refractivity contribution in [3.63, 3.8) is 0 Å². The Morgan fingerprint density at radius 1 is 1.26 bits per heavy atom. The van der Waals surface area contributed by atoms with Crippen molar-refractivity contribution in [2.24, 2.45) is 13.0 Å². The van der Waals surface area contributed by atoms with Gasteiger partial charge < -0.3 is 4.57 Å². The van der Waals surface area contributed by atoms with E-state index >= 15 is 0 Å². The molecule has 0 unspecified atom stereocenters. The van der Waals surface area contributed by atoms with Crippen LogP contribution in [0.5, 0.6) is 0 Å². The fourth-order valence-electron chi connectivity index (χ4n) is 4.80. The number of aromatic amines is 1. The summed E-state index contributed by atoms with van der Waals surface area (Å²) in [6, 6.07) is 7.07. The summed E-state index contributed by atoms with van der Waals surface area (Å²) in [6.45, 7) is 2.14. The first-order valence-electron chi connectivity index (χ1n) is 9.82. The SMILES string of the molecule is CC1CC(c2cccc(-n3cc(C(F)(F)F)c4cn[nH]c4c3=O)c2)(c2nncn2C)C1. The molecule has 0 atom stereocenters. The molecule has 0 amide bonds. The zero-order chi connectivity index (χ0) is 22.0. The quantitative estimate of drug-likeness (QED) is 0.541. The average molecular weight is 428 g/mol. The summed E-state index contributed by atoms with van der Waals surface area (Å²) < 4.78 is 43.9. The molecule has 1 saturated carbocycles. The normalized spacial score (nSPS) is 21.4. The van der Waals surface area contributed by atoms with Crippen LogP contribution >= 0.6 is 0 Å². The lowest BCUT2D eigenvalue weighted by molar-refractivity contribution is -0.136. The molecule has 0 saturated heterocycles. The van der Waals surface area contributed by atoms with E-state index in [2.05, 4.69) is 27.3 Å². The molecule has 1 aliphatic rings. The van der Waals surface area contributed by atoms with Crippen molar-refractivity contribution >= 4 is 10.9 Å². The molecule has 3 heterocycles. The Bertz CT molecular complexity index is 1340. The molecule has 1 fully saturated rings. The largest absolute Gasteiger partial charge is 0.418 e. The smallest absolute Gasteiger partial charge is 0.320 e. The number of nitrogens with zero attached hydrogens (tertiary/aromatic N) is 5. The molecule has 160 valence electrons. The second-order valence-corrected chi connectivity index (χ2v) is 8.29. The molecule has 0 bridgehead atoms. The first-order valence-corrected chi connectivity index (χ1v) is 9.82. The molecular formula is C21H19F3N6O. The van der Waals surface area contributed by atoms with E-state index < -0.39 is 22.7 Å². The first-order chi connectivity index (χ1) is 14.7. The maximum absolute atomic E-state index is 13.7. The molecule has 1 aromatic carbocycles. The van der Waals surface area contributed by atoms with Gasteiger partial charge in [-0.2, -0.15) is 18.3 Å². The minimum atomic E-state index is -4.63. The second-order valence-electron chi connectivity index (χ2n) is 8.29. The van der Waals surface area contributed by atoms with Gasteiger partial charge in [-0.25, -0.2) is 0 Å². The molecule has 5 rings (SSSR count). The minimum absolute atomic E-state index is 0.180. The number of H-pyrrole nitrogens is 1. The van der Waals surface area contributed by atoms with Crippen molar-refractivity contribution in [1.82, 2.24) is 29.5 Å². The van der Waals surface area contributed by atoms with E-state index in [4.69, 9.17) is 0 Å². The first kappa shape index (κ1) is 19.5. The van der Waals surface area contributed by atoms with Gasteiger partial charge in [0.2, 0.25) is 0 Å². The van der Waals surface area contributed by atoms with Gasteiger partial charge in [-0.1, -0.05) is 19.1 Å². The number of aromatic nitrogens is 6. The maximum atomic E-state index is 13.7. The number of hydrogen-bond donors (Lipinski definition) is 1. The molecule has 1 N–H and O–H groups in total. The van der Waals surface area contributed by atoms with Crippen LogP contribution in [0.2, 0.25) is 0 Å². The highest BCUT2D eigenvalue weighted by Crippen LogP contribution is 2.51.